The summed E-state index contributed by atoms with van der Waals surface area (Å²) in [6, 6.07) is 15.0. The molecule has 4 nitrogen and oxygen atoms in total. The predicted octanol–water partition coefficient (Wildman–Crippen LogP) is 5.62. The van der Waals surface area contributed by atoms with Crippen molar-refractivity contribution in [2.24, 2.45) is 0 Å². The molecule has 3 rings (SSSR count). The fourth-order valence-electron chi connectivity index (χ4n) is 3.92. The summed E-state index contributed by atoms with van der Waals surface area (Å²) < 4.78 is 28.0. The third-order valence-corrected chi connectivity index (χ3v) is 6.93. The van der Waals surface area contributed by atoms with Gasteiger partial charge in [0.2, 0.25) is 0 Å². The topological polar surface area (TPSA) is 49.4 Å². The van der Waals surface area contributed by atoms with E-state index in [4.69, 9.17) is 0 Å². The van der Waals surface area contributed by atoms with E-state index in [0.717, 1.165) is 18.7 Å². The maximum atomic E-state index is 12.7. The minimum atomic E-state index is -3.57. The van der Waals surface area contributed by atoms with Crippen molar-refractivity contribution in [3.63, 3.8) is 0 Å². The molecule has 0 radical (unpaired) electrons. The third-order valence-electron chi connectivity index (χ3n) is 5.54. The molecule has 0 aromatic heterocycles. The molecule has 6 heteroatoms. The molecule has 1 fully saturated rings. The molecule has 1 aliphatic heterocycles. The van der Waals surface area contributed by atoms with Crippen molar-refractivity contribution in [2.75, 3.05) is 24.4 Å². The van der Waals surface area contributed by atoms with Gasteiger partial charge in [0.05, 0.1) is 4.90 Å². The van der Waals surface area contributed by atoms with E-state index in [1.54, 1.807) is 12.1 Å². The fourth-order valence-corrected chi connectivity index (χ4v) is 4.97. The largest absolute Gasteiger partial charge is 0.303 e. The summed E-state index contributed by atoms with van der Waals surface area (Å²) in [5, 5.41) is 0. The van der Waals surface area contributed by atoms with E-state index < -0.39 is 10.0 Å². The van der Waals surface area contributed by atoms with Crippen molar-refractivity contribution in [1.29, 1.82) is 0 Å². The van der Waals surface area contributed by atoms with Gasteiger partial charge in [0.25, 0.3) is 10.0 Å². The first-order valence-electron chi connectivity index (χ1n) is 10.3. The van der Waals surface area contributed by atoms with Crippen molar-refractivity contribution >= 4 is 28.1 Å². The average molecular weight is 437 g/mol. The van der Waals surface area contributed by atoms with Gasteiger partial charge in [-0.3, -0.25) is 4.72 Å². The summed E-state index contributed by atoms with van der Waals surface area (Å²) in [7, 11) is -3.57. The molecule has 1 saturated heterocycles. The van der Waals surface area contributed by atoms with Crippen LogP contribution in [0.15, 0.2) is 53.4 Å². The zero-order valence-electron chi connectivity index (χ0n) is 17.6. The maximum Gasteiger partial charge on any atom is 0.261 e. The minimum Gasteiger partial charge on any atom is -0.303 e. The van der Waals surface area contributed by atoms with Crippen LogP contribution in [-0.2, 0) is 10.0 Å². The molecule has 1 N–H and O–H groups in total. The van der Waals surface area contributed by atoms with E-state index in [0.29, 0.717) is 22.4 Å². The van der Waals surface area contributed by atoms with E-state index in [1.165, 1.54) is 31.4 Å². The predicted molar refractivity (Wildman–Crippen MR) is 124 cm³/mol. The standard InChI is InChI=1S/C23H32N2O2S.ClH/c1-4-15-25-16-5-6-21(17-25)20-7-11-22(12-8-20)24-28(26,27)23-13-9-19(10-14-23)18(2)3;/h7-14,18,21,24H,4-6,15-17H2,1-3H3;1H. The van der Waals surface area contributed by atoms with Crippen LogP contribution in [0.4, 0.5) is 5.69 Å². The van der Waals surface area contributed by atoms with Crippen molar-refractivity contribution in [3.05, 3.63) is 59.7 Å². The number of hydrogen-bond donors (Lipinski definition) is 1. The van der Waals surface area contributed by atoms with Gasteiger partial charge in [-0.25, -0.2) is 8.42 Å². The summed E-state index contributed by atoms with van der Waals surface area (Å²) >= 11 is 0. The molecule has 2 aromatic carbocycles. The third kappa shape index (κ3) is 6.21. The quantitative estimate of drug-likeness (QED) is 0.612. The van der Waals surface area contributed by atoms with Crippen LogP contribution in [-0.4, -0.2) is 33.0 Å². The lowest BCUT2D eigenvalue weighted by atomic mass is 9.90. The van der Waals surface area contributed by atoms with Gasteiger partial charge < -0.3 is 4.90 Å². The van der Waals surface area contributed by atoms with Gasteiger partial charge in [-0.2, -0.15) is 0 Å². The lowest BCUT2D eigenvalue weighted by Crippen LogP contribution is -2.34. The normalized spacial score (nSPS) is 17.7. The van der Waals surface area contributed by atoms with Crippen LogP contribution in [0.1, 0.15) is 63.0 Å². The number of anilines is 1. The monoisotopic (exact) mass is 436 g/mol. The summed E-state index contributed by atoms with van der Waals surface area (Å²) in [5.41, 5.74) is 3.04. The molecule has 1 aliphatic rings. The number of nitrogens with one attached hydrogen (secondary N) is 1. The van der Waals surface area contributed by atoms with Crippen molar-refractivity contribution < 1.29 is 8.42 Å². The van der Waals surface area contributed by atoms with Crippen LogP contribution in [0.3, 0.4) is 0 Å². The van der Waals surface area contributed by atoms with Crippen LogP contribution in [0.25, 0.3) is 0 Å². The highest BCUT2D eigenvalue weighted by Gasteiger charge is 2.21. The highest BCUT2D eigenvalue weighted by atomic mass is 35.5. The summed E-state index contributed by atoms with van der Waals surface area (Å²) in [5.74, 6) is 0.917. The van der Waals surface area contributed by atoms with Gasteiger partial charge in [0, 0.05) is 12.2 Å². The molecular weight excluding hydrogens is 404 g/mol. The number of hydrogen-bond acceptors (Lipinski definition) is 3. The van der Waals surface area contributed by atoms with Gasteiger partial charge in [0.1, 0.15) is 0 Å². The molecule has 1 heterocycles. The number of sulfonamides is 1. The zero-order valence-corrected chi connectivity index (χ0v) is 19.2. The van der Waals surface area contributed by atoms with Gasteiger partial charge in [-0.1, -0.05) is 45.0 Å². The van der Waals surface area contributed by atoms with Crippen LogP contribution < -0.4 is 4.72 Å². The number of likely N-dealkylation sites (tertiary alicyclic amines) is 1. The Morgan fingerprint density at radius 1 is 1.07 bits per heavy atom. The zero-order chi connectivity index (χ0) is 20.1. The lowest BCUT2D eigenvalue weighted by Gasteiger charge is -2.32. The number of piperidine rings is 1. The highest BCUT2D eigenvalue weighted by Crippen LogP contribution is 2.28. The first-order chi connectivity index (χ1) is 13.4. The second-order valence-corrected chi connectivity index (χ2v) is 9.77. The number of rotatable bonds is 7. The summed E-state index contributed by atoms with van der Waals surface area (Å²) in [4.78, 5) is 2.83. The summed E-state index contributed by atoms with van der Waals surface area (Å²) in [6.07, 6.45) is 3.62. The Balaban J connectivity index is 0.00000300. The number of benzene rings is 2. The molecule has 0 aliphatic carbocycles. The first kappa shape index (κ1) is 23.7. The smallest absolute Gasteiger partial charge is 0.261 e. The van der Waals surface area contributed by atoms with Gasteiger partial charge in [0.15, 0.2) is 0 Å². The fraction of sp³-hybridized carbons (Fsp3) is 0.478. The van der Waals surface area contributed by atoms with E-state index in [9.17, 15) is 8.42 Å². The Morgan fingerprint density at radius 2 is 1.72 bits per heavy atom. The van der Waals surface area contributed by atoms with E-state index in [-0.39, 0.29) is 12.4 Å². The maximum absolute atomic E-state index is 12.7. The Hall–Kier alpha value is -1.56. The average Bonchev–Trinajstić information content (AvgIpc) is 2.69. The van der Waals surface area contributed by atoms with Crippen molar-refractivity contribution in [3.8, 4) is 0 Å². The molecule has 29 heavy (non-hydrogen) atoms. The van der Waals surface area contributed by atoms with Gasteiger partial charge >= 0.3 is 0 Å². The SMILES string of the molecule is CCCN1CCCC(c2ccc(NS(=O)(=O)c3ccc(C(C)C)cc3)cc2)C1.Cl. The van der Waals surface area contributed by atoms with E-state index in [1.807, 2.05) is 24.3 Å². The van der Waals surface area contributed by atoms with Crippen molar-refractivity contribution in [2.45, 2.75) is 56.8 Å². The molecule has 1 atom stereocenters. The molecule has 2 aromatic rings. The Kier molecular flexibility index (Phi) is 8.56. The second kappa shape index (κ2) is 10.5. The first-order valence-corrected chi connectivity index (χ1v) is 11.8. The Morgan fingerprint density at radius 3 is 2.31 bits per heavy atom. The molecule has 1 unspecified atom stereocenters. The van der Waals surface area contributed by atoms with Crippen LogP contribution in [0, 0.1) is 0 Å². The van der Waals surface area contributed by atoms with Crippen molar-refractivity contribution in [1.82, 2.24) is 4.90 Å². The van der Waals surface area contributed by atoms with Gasteiger partial charge in [-0.05, 0) is 79.6 Å². The molecular formula is C23H33ClN2O2S. The van der Waals surface area contributed by atoms with Gasteiger partial charge in [-0.15, -0.1) is 12.4 Å². The molecule has 0 spiro atoms. The minimum absolute atomic E-state index is 0. The number of halogens is 1. The Labute approximate surface area is 182 Å². The van der Waals surface area contributed by atoms with Crippen LogP contribution in [0.2, 0.25) is 0 Å². The Bertz CT molecular complexity index is 863. The summed E-state index contributed by atoms with van der Waals surface area (Å²) in [6.45, 7) is 9.86. The second-order valence-electron chi connectivity index (χ2n) is 8.09. The molecule has 0 bridgehead atoms. The molecule has 0 amide bonds. The molecule has 160 valence electrons. The van der Waals surface area contributed by atoms with Crippen LogP contribution >= 0.6 is 12.4 Å². The van der Waals surface area contributed by atoms with Crippen LogP contribution in [0.5, 0.6) is 0 Å². The number of nitrogens with zero attached hydrogens (tertiary/aromatic N) is 1. The lowest BCUT2D eigenvalue weighted by molar-refractivity contribution is 0.208. The van der Waals surface area contributed by atoms with E-state index >= 15 is 0 Å². The molecule has 0 saturated carbocycles. The van der Waals surface area contributed by atoms with E-state index in [2.05, 4.69) is 42.5 Å². The highest BCUT2D eigenvalue weighted by molar-refractivity contribution is 7.92.